The third-order valence-corrected chi connectivity index (χ3v) is 2.47. The average Bonchev–Trinajstić information content (AvgIpc) is 2.65. The summed E-state index contributed by atoms with van der Waals surface area (Å²) in [5.41, 5.74) is 7.67. The van der Waals surface area contributed by atoms with E-state index in [0.717, 1.165) is 17.5 Å². The summed E-state index contributed by atoms with van der Waals surface area (Å²) in [7, 11) is 0. The highest BCUT2D eigenvalue weighted by Gasteiger charge is 2.11. The number of aromatic nitrogens is 3. The van der Waals surface area contributed by atoms with E-state index in [1.54, 1.807) is 0 Å². The van der Waals surface area contributed by atoms with Gasteiger partial charge in [-0.05, 0) is 18.6 Å². The molecule has 4 nitrogen and oxygen atoms in total. The van der Waals surface area contributed by atoms with Crippen LogP contribution in [-0.2, 0) is 0 Å². The Balaban J connectivity index is 2.51. The van der Waals surface area contributed by atoms with Crippen LogP contribution in [0.1, 0.15) is 19.4 Å². The minimum absolute atomic E-state index is 0.252. The normalized spacial score (nSPS) is 13.3. The summed E-state index contributed by atoms with van der Waals surface area (Å²) in [6.45, 7) is 2.71. The molecular weight excluding hydrogens is 176 g/mol. The molecule has 0 radical (unpaired) electrons. The van der Waals surface area contributed by atoms with Crippen molar-refractivity contribution < 1.29 is 0 Å². The van der Waals surface area contributed by atoms with Crippen molar-refractivity contribution in [3.05, 3.63) is 24.3 Å². The molecule has 1 heterocycles. The average molecular weight is 190 g/mol. The monoisotopic (exact) mass is 190 g/mol. The number of hydrogen-bond acceptors (Lipinski definition) is 3. The maximum atomic E-state index is 5.68. The Morgan fingerprint density at radius 2 is 2.21 bits per heavy atom. The molecule has 0 fully saturated rings. The van der Waals surface area contributed by atoms with Gasteiger partial charge in [0.1, 0.15) is 5.52 Å². The Kier molecular flexibility index (Phi) is 2.45. The highest BCUT2D eigenvalue weighted by Crippen LogP contribution is 2.16. The molecule has 0 aliphatic carbocycles. The van der Waals surface area contributed by atoms with Gasteiger partial charge >= 0.3 is 0 Å². The second-order valence-corrected chi connectivity index (χ2v) is 3.32. The third kappa shape index (κ3) is 1.37. The summed E-state index contributed by atoms with van der Waals surface area (Å²) in [6, 6.07) is 8.19. The molecular formula is C10H14N4. The number of benzene rings is 1. The van der Waals surface area contributed by atoms with Crippen molar-refractivity contribution in [1.29, 1.82) is 0 Å². The summed E-state index contributed by atoms with van der Waals surface area (Å²) in [5.74, 6) is 0. The lowest BCUT2D eigenvalue weighted by Gasteiger charge is -2.12. The Morgan fingerprint density at radius 3 is 2.93 bits per heavy atom. The maximum absolute atomic E-state index is 5.68. The predicted octanol–water partition coefficient (Wildman–Crippen LogP) is 1.34. The van der Waals surface area contributed by atoms with Crippen molar-refractivity contribution >= 4 is 11.0 Å². The zero-order valence-electron chi connectivity index (χ0n) is 8.22. The van der Waals surface area contributed by atoms with E-state index in [1.807, 2.05) is 28.9 Å². The molecule has 0 bridgehead atoms. The number of para-hydroxylation sites is 1. The van der Waals surface area contributed by atoms with Crippen LogP contribution < -0.4 is 5.73 Å². The van der Waals surface area contributed by atoms with Crippen molar-refractivity contribution in [3.8, 4) is 0 Å². The Hall–Kier alpha value is -1.42. The summed E-state index contributed by atoms with van der Waals surface area (Å²) >= 11 is 0. The summed E-state index contributed by atoms with van der Waals surface area (Å²) in [6.07, 6.45) is 0.976. The van der Waals surface area contributed by atoms with Gasteiger partial charge in [-0.15, -0.1) is 5.10 Å². The van der Waals surface area contributed by atoms with Crippen LogP contribution in [0.15, 0.2) is 24.3 Å². The number of nitrogens with zero attached hydrogens (tertiary/aromatic N) is 3. The first-order chi connectivity index (χ1) is 6.86. The molecule has 0 saturated carbocycles. The van der Waals surface area contributed by atoms with E-state index >= 15 is 0 Å². The van der Waals surface area contributed by atoms with Gasteiger partial charge in [0.15, 0.2) is 0 Å². The van der Waals surface area contributed by atoms with Gasteiger partial charge in [0.25, 0.3) is 0 Å². The number of fused-ring (bicyclic) bond motifs is 1. The molecule has 1 aromatic carbocycles. The molecule has 0 spiro atoms. The van der Waals surface area contributed by atoms with E-state index in [2.05, 4.69) is 17.2 Å². The minimum atomic E-state index is 0.252. The second-order valence-electron chi connectivity index (χ2n) is 3.32. The van der Waals surface area contributed by atoms with Gasteiger partial charge < -0.3 is 5.73 Å². The topological polar surface area (TPSA) is 56.7 Å². The van der Waals surface area contributed by atoms with Crippen molar-refractivity contribution in [1.82, 2.24) is 15.0 Å². The second kappa shape index (κ2) is 3.75. The van der Waals surface area contributed by atoms with Crippen molar-refractivity contribution in [3.63, 3.8) is 0 Å². The Labute approximate surface area is 82.7 Å². The van der Waals surface area contributed by atoms with Crippen LogP contribution in [0.3, 0.4) is 0 Å². The Bertz CT molecular complexity index is 417. The smallest absolute Gasteiger partial charge is 0.113 e. The van der Waals surface area contributed by atoms with Crippen LogP contribution in [0, 0.1) is 0 Å². The fourth-order valence-corrected chi connectivity index (χ4v) is 1.60. The van der Waals surface area contributed by atoms with Crippen LogP contribution >= 0.6 is 0 Å². The zero-order chi connectivity index (χ0) is 9.97. The van der Waals surface area contributed by atoms with E-state index in [9.17, 15) is 0 Å². The predicted molar refractivity (Wildman–Crippen MR) is 55.9 cm³/mol. The van der Waals surface area contributed by atoms with E-state index in [1.165, 1.54) is 0 Å². The van der Waals surface area contributed by atoms with Gasteiger partial charge in [0.2, 0.25) is 0 Å². The van der Waals surface area contributed by atoms with Crippen molar-refractivity contribution in [2.45, 2.75) is 19.4 Å². The van der Waals surface area contributed by atoms with Crippen LogP contribution in [0.4, 0.5) is 0 Å². The van der Waals surface area contributed by atoms with Gasteiger partial charge in [-0.3, -0.25) is 0 Å². The van der Waals surface area contributed by atoms with Crippen LogP contribution in [0.5, 0.6) is 0 Å². The number of nitrogens with two attached hydrogens (primary N) is 1. The maximum Gasteiger partial charge on any atom is 0.113 e. The van der Waals surface area contributed by atoms with Gasteiger partial charge in [0.05, 0.1) is 11.6 Å². The highest BCUT2D eigenvalue weighted by molar-refractivity contribution is 5.73. The molecule has 0 saturated heterocycles. The summed E-state index contributed by atoms with van der Waals surface area (Å²) in [5, 5.41) is 8.22. The lowest BCUT2D eigenvalue weighted by Crippen LogP contribution is -2.19. The molecule has 74 valence electrons. The van der Waals surface area contributed by atoms with Crippen molar-refractivity contribution in [2.24, 2.45) is 5.73 Å². The lowest BCUT2D eigenvalue weighted by molar-refractivity contribution is 0.451. The van der Waals surface area contributed by atoms with E-state index in [-0.39, 0.29) is 6.04 Å². The van der Waals surface area contributed by atoms with E-state index in [4.69, 9.17) is 5.73 Å². The molecule has 4 heteroatoms. The van der Waals surface area contributed by atoms with Gasteiger partial charge in [-0.2, -0.15) is 0 Å². The third-order valence-electron chi connectivity index (χ3n) is 2.47. The molecule has 14 heavy (non-hydrogen) atoms. The molecule has 1 aromatic heterocycles. The molecule has 2 N–H and O–H groups in total. The van der Waals surface area contributed by atoms with Crippen LogP contribution in [0.25, 0.3) is 11.0 Å². The lowest BCUT2D eigenvalue weighted by atomic mass is 10.2. The fourth-order valence-electron chi connectivity index (χ4n) is 1.60. The van der Waals surface area contributed by atoms with Crippen LogP contribution in [0.2, 0.25) is 0 Å². The zero-order valence-corrected chi connectivity index (χ0v) is 8.22. The fraction of sp³-hybridized carbons (Fsp3) is 0.400. The SMILES string of the molecule is CC[C@H](CN)n1nnc2ccccc21. The quantitative estimate of drug-likeness (QED) is 0.794. The van der Waals surface area contributed by atoms with E-state index < -0.39 is 0 Å². The first-order valence-corrected chi connectivity index (χ1v) is 4.86. The molecule has 2 rings (SSSR count). The standard InChI is InChI=1S/C10H14N4/c1-2-8(7-11)14-10-6-4-3-5-9(10)12-13-14/h3-6,8H,2,7,11H2,1H3/t8-/m1/s1. The highest BCUT2D eigenvalue weighted by atomic mass is 15.4. The van der Waals surface area contributed by atoms with E-state index in [0.29, 0.717) is 6.54 Å². The largest absolute Gasteiger partial charge is 0.328 e. The van der Waals surface area contributed by atoms with Gasteiger partial charge in [0, 0.05) is 6.54 Å². The Morgan fingerprint density at radius 1 is 1.43 bits per heavy atom. The molecule has 0 unspecified atom stereocenters. The molecule has 2 aromatic rings. The number of hydrogen-bond donors (Lipinski definition) is 1. The van der Waals surface area contributed by atoms with Gasteiger partial charge in [-0.1, -0.05) is 24.3 Å². The minimum Gasteiger partial charge on any atom is -0.328 e. The summed E-state index contributed by atoms with van der Waals surface area (Å²) in [4.78, 5) is 0. The van der Waals surface area contributed by atoms with Crippen molar-refractivity contribution in [2.75, 3.05) is 6.54 Å². The first kappa shape index (κ1) is 9.15. The molecule has 0 aliphatic heterocycles. The van der Waals surface area contributed by atoms with Crippen LogP contribution in [-0.4, -0.2) is 21.5 Å². The molecule has 1 atom stereocenters. The summed E-state index contributed by atoms with van der Waals surface area (Å²) < 4.78 is 1.91. The van der Waals surface area contributed by atoms with Gasteiger partial charge in [-0.25, -0.2) is 4.68 Å². The number of rotatable bonds is 3. The molecule has 0 amide bonds. The molecule has 0 aliphatic rings. The first-order valence-electron chi connectivity index (χ1n) is 4.86.